The van der Waals surface area contributed by atoms with E-state index in [2.05, 4.69) is 21.5 Å². The van der Waals surface area contributed by atoms with E-state index < -0.39 is 0 Å². The van der Waals surface area contributed by atoms with E-state index >= 15 is 0 Å². The van der Waals surface area contributed by atoms with Crippen LogP contribution in [0.5, 0.6) is 0 Å². The predicted octanol–water partition coefficient (Wildman–Crippen LogP) is 3.17. The zero-order chi connectivity index (χ0) is 17.6. The lowest BCUT2D eigenvalue weighted by Crippen LogP contribution is -2.34. The first-order chi connectivity index (χ1) is 12.1. The Morgan fingerprint density at radius 1 is 1.52 bits per heavy atom. The van der Waals surface area contributed by atoms with Crippen LogP contribution in [-0.4, -0.2) is 26.5 Å². The Kier molecular flexibility index (Phi) is 3.77. The predicted molar refractivity (Wildman–Crippen MR) is 95.4 cm³/mol. The van der Waals surface area contributed by atoms with Crippen LogP contribution >= 0.6 is 11.3 Å². The number of hydrogen-bond acceptors (Lipinski definition) is 5. The maximum absolute atomic E-state index is 12.6. The summed E-state index contributed by atoms with van der Waals surface area (Å²) in [5.41, 5.74) is 3.14. The molecule has 0 saturated heterocycles. The lowest BCUT2D eigenvalue weighted by Gasteiger charge is -2.12. The molecule has 3 aromatic rings. The molecule has 1 unspecified atom stereocenters. The number of rotatable bonds is 4. The Bertz CT molecular complexity index is 1010. The molecule has 0 spiro atoms. The van der Waals surface area contributed by atoms with Crippen LogP contribution in [0.15, 0.2) is 23.7 Å². The van der Waals surface area contributed by atoms with Crippen molar-refractivity contribution in [1.82, 2.24) is 19.9 Å². The van der Waals surface area contributed by atoms with Crippen LogP contribution in [0.1, 0.15) is 41.4 Å². The Hall–Kier alpha value is -2.72. The van der Waals surface area contributed by atoms with Gasteiger partial charge in [0, 0.05) is 11.7 Å². The van der Waals surface area contributed by atoms with Crippen molar-refractivity contribution in [2.24, 2.45) is 5.92 Å². The largest absolute Gasteiger partial charge is 0.349 e. The van der Waals surface area contributed by atoms with Crippen molar-refractivity contribution in [2.75, 3.05) is 0 Å². The highest BCUT2D eigenvalue weighted by Gasteiger charge is 2.30. The van der Waals surface area contributed by atoms with Crippen molar-refractivity contribution in [3.8, 4) is 16.6 Å². The molecule has 3 heterocycles. The van der Waals surface area contributed by atoms with Crippen LogP contribution in [0.4, 0.5) is 0 Å². The summed E-state index contributed by atoms with van der Waals surface area (Å²) in [4.78, 5) is 18.1. The molecule has 6 nitrogen and oxygen atoms in total. The highest BCUT2D eigenvalue weighted by atomic mass is 32.1. The maximum Gasteiger partial charge on any atom is 0.256 e. The SMILES string of the molecule is Cc1cc(-c2sccc2C#N)nc2c(C(=O)NC(C)C3CC3)cnn12. The summed E-state index contributed by atoms with van der Waals surface area (Å²) in [5, 5.41) is 18.5. The van der Waals surface area contributed by atoms with E-state index in [0.29, 0.717) is 28.4 Å². The Balaban J connectivity index is 1.76. The first kappa shape index (κ1) is 15.8. The van der Waals surface area contributed by atoms with E-state index in [0.717, 1.165) is 10.6 Å². The molecule has 1 aliphatic carbocycles. The van der Waals surface area contributed by atoms with Crippen molar-refractivity contribution in [3.63, 3.8) is 0 Å². The molecule has 25 heavy (non-hydrogen) atoms. The van der Waals surface area contributed by atoms with Gasteiger partial charge in [0.25, 0.3) is 5.91 Å². The number of amides is 1. The molecule has 0 bridgehead atoms. The van der Waals surface area contributed by atoms with Crippen LogP contribution in [0.25, 0.3) is 16.2 Å². The molecular formula is C18H17N5OS. The van der Waals surface area contributed by atoms with Gasteiger partial charge in [-0.15, -0.1) is 11.3 Å². The number of carbonyl (C=O) groups is 1. The Morgan fingerprint density at radius 2 is 2.32 bits per heavy atom. The third-order valence-corrected chi connectivity index (χ3v) is 5.54. The van der Waals surface area contributed by atoms with Crippen LogP contribution in [0.2, 0.25) is 0 Å². The number of aromatic nitrogens is 3. The molecule has 0 aliphatic heterocycles. The van der Waals surface area contributed by atoms with E-state index in [-0.39, 0.29) is 11.9 Å². The zero-order valence-corrected chi connectivity index (χ0v) is 14.8. The second-order valence-electron chi connectivity index (χ2n) is 6.45. The average molecular weight is 351 g/mol. The first-order valence-electron chi connectivity index (χ1n) is 8.22. The Labute approximate surface area is 149 Å². The van der Waals surface area contributed by atoms with E-state index in [1.807, 2.05) is 25.3 Å². The molecule has 0 radical (unpaired) electrons. The lowest BCUT2D eigenvalue weighted by molar-refractivity contribution is 0.0937. The average Bonchev–Trinajstić information content (AvgIpc) is 3.18. The molecule has 3 aromatic heterocycles. The molecule has 1 fully saturated rings. The highest BCUT2D eigenvalue weighted by molar-refractivity contribution is 7.13. The monoisotopic (exact) mass is 351 g/mol. The van der Waals surface area contributed by atoms with Gasteiger partial charge in [0.2, 0.25) is 0 Å². The molecule has 7 heteroatoms. The van der Waals surface area contributed by atoms with Gasteiger partial charge in [0.15, 0.2) is 5.65 Å². The topological polar surface area (TPSA) is 83.1 Å². The molecule has 126 valence electrons. The lowest BCUT2D eigenvalue weighted by atomic mass is 10.2. The molecule has 1 atom stereocenters. The summed E-state index contributed by atoms with van der Waals surface area (Å²) in [6.45, 7) is 3.95. The number of hydrogen-bond donors (Lipinski definition) is 1. The van der Waals surface area contributed by atoms with E-state index in [1.54, 1.807) is 16.8 Å². The van der Waals surface area contributed by atoms with Gasteiger partial charge in [-0.3, -0.25) is 4.79 Å². The molecule has 0 aromatic carbocycles. The van der Waals surface area contributed by atoms with Gasteiger partial charge in [-0.1, -0.05) is 0 Å². The fourth-order valence-electron chi connectivity index (χ4n) is 2.98. The molecule has 1 aliphatic rings. The second kappa shape index (κ2) is 5.97. The van der Waals surface area contributed by atoms with Crippen molar-refractivity contribution >= 4 is 22.9 Å². The quantitative estimate of drug-likeness (QED) is 0.782. The van der Waals surface area contributed by atoms with E-state index in [9.17, 15) is 10.1 Å². The smallest absolute Gasteiger partial charge is 0.256 e. The van der Waals surface area contributed by atoms with E-state index in [4.69, 9.17) is 0 Å². The molecule has 1 N–H and O–H groups in total. The van der Waals surface area contributed by atoms with Crippen molar-refractivity contribution < 1.29 is 4.79 Å². The number of nitrogens with zero attached hydrogens (tertiary/aromatic N) is 4. The van der Waals surface area contributed by atoms with Crippen molar-refractivity contribution in [1.29, 1.82) is 5.26 Å². The van der Waals surface area contributed by atoms with E-state index in [1.165, 1.54) is 24.2 Å². The minimum absolute atomic E-state index is 0.148. The second-order valence-corrected chi connectivity index (χ2v) is 7.37. The van der Waals surface area contributed by atoms with Gasteiger partial charge in [-0.2, -0.15) is 10.4 Å². The van der Waals surface area contributed by atoms with Crippen molar-refractivity contribution in [3.05, 3.63) is 40.5 Å². The van der Waals surface area contributed by atoms with Crippen LogP contribution in [-0.2, 0) is 0 Å². The van der Waals surface area contributed by atoms with Crippen LogP contribution in [0.3, 0.4) is 0 Å². The molecular weight excluding hydrogens is 334 g/mol. The van der Waals surface area contributed by atoms with Crippen LogP contribution < -0.4 is 5.32 Å². The number of carbonyl (C=O) groups excluding carboxylic acids is 1. The molecule has 1 saturated carbocycles. The van der Waals surface area contributed by atoms with Crippen molar-refractivity contribution in [2.45, 2.75) is 32.7 Å². The third-order valence-electron chi connectivity index (χ3n) is 4.60. The summed E-state index contributed by atoms with van der Waals surface area (Å²) in [5.74, 6) is 0.436. The number of thiophene rings is 1. The summed E-state index contributed by atoms with van der Waals surface area (Å²) in [6.07, 6.45) is 3.91. The fourth-order valence-corrected chi connectivity index (χ4v) is 3.79. The molecule has 1 amide bonds. The summed E-state index contributed by atoms with van der Waals surface area (Å²) in [7, 11) is 0. The van der Waals surface area contributed by atoms with Gasteiger partial charge in [-0.05, 0) is 50.1 Å². The number of fused-ring (bicyclic) bond motifs is 1. The normalized spacial score (nSPS) is 15.1. The van der Waals surface area contributed by atoms with Crippen LogP contribution in [0, 0.1) is 24.2 Å². The van der Waals surface area contributed by atoms with Gasteiger partial charge in [0.05, 0.1) is 22.3 Å². The number of nitrogens with one attached hydrogen (secondary N) is 1. The Morgan fingerprint density at radius 3 is 3.04 bits per heavy atom. The minimum atomic E-state index is -0.148. The molecule has 4 rings (SSSR count). The summed E-state index contributed by atoms with van der Waals surface area (Å²) < 4.78 is 1.67. The zero-order valence-electron chi connectivity index (χ0n) is 14.0. The van der Waals surface area contributed by atoms with Gasteiger partial charge in [0.1, 0.15) is 11.6 Å². The standard InChI is InChI=1S/C18H17N5OS/c1-10-7-15(16-13(8-19)5-6-25-16)22-17-14(9-20-23(10)17)18(24)21-11(2)12-3-4-12/h5-7,9,11-12H,3-4H2,1-2H3,(H,21,24). The number of nitriles is 1. The number of aryl methyl sites for hydroxylation is 1. The maximum atomic E-state index is 12.6. The van der Waals surface area contributed by atoms with Gasteiger partial charge < -0.3 is 5.32 Å². The highest BCUT2D eigenvalue weighted by Crippen LogP contribution is 2.32. The van der Waals surface area contributed by atoms with Gasteiger partial charge >= 0.3 is 0 Å². The summed E-state index contributed by atoms with van der Waals surface area (Å²) >= 11 is 1.47. The summed E-state index contributed by atoms with van der Waals surface area (Å²) in [6, 6.07) is 6.02. The van der Waals surface area contributed by atoms with Gasteiger partial charge in [-0.25, -0.2) is 9.50 Å². The first-order valence-corrected chi connectivity index (χ1v) is 9.10. The minimum Gasteiger partial charge on any atom is -0.349 e. The fraction of sp³-hybridized carbons (Fsp3) is 0.333. The third kappa shape index (κ3) is 2.79.